The largest absolute Gasteiger partial charge is 0.333 e. The summed E-state index contributed by atoms with van der Waals surface area (Å²) in [6.07, 6.45) is 1.65. The van der Waals surface area contributed by atoms with Gasteiger partial charge < -0.3 is 10.3 Å². The number of amides is 1. The van der Waals surface area contributed by atoms with E-state index in [0.717, 1.165) is 21.8 Å². The Morgan fingerprint density at radius 2 is 1.96 bits per heavy atom. The van der Waals surface area contributed by atoms with Crippen molar-refractivity contribution >= 4 is 46.1 Å². The van der Waals surface area contributed by atoms with E-state index < -0.39 is 0 Å². The molecular weight excluding hydrogens is 382 g/mol. The second-order valence-corrected chi connectivity index (χ2v) is 7.23. The highest BCUT2D eigenvalue weighted by atomic mass is 35.5. The number of rotatable bonds is 6. The maximum atomic E-state index is 12.3. The quantitative estimate of drug-likeness (QED) is 0.478. The van der Waals surface area contributed by atoms with Gasteiger partial charge in [-0.3, -0.25) is 4.79 Å². The zero-order valence-corrected chi connectivity index (χ0v) is 15.8. The van der Waals surface area contributed by atoms with Crippen molar-refractivity contribution in [3.05, 3.63) is 71.4 Å². The smallest absolute Gasteiger partial charge is 0.235 e. The average molecular weight is 398 g/mol. The van der Waals surface area contributed by atoms with Gasteiger partial charge >= 0.3 is 0 Å². The molecule has 0 aliphatic heterocycles. The van der Waals surface area contributed by atoms with Crippen LogP contribution in [-0.2, 0) is 11.3 Å². The molecule has 0 radical (unpaired) electrons. The molecule has 0 atom stereocenters. The minimum atomic E-state index is -0.124. The second-order valence-electron chi connectivity index (χ2n) is 5.86. The third-order valence-corrected chi connectivity index (χ3v) is 5.21. The molecule has 136 valence electrons. The lowest BCUT2D eigenvalue weighted by molar-refractivity contribution is -0.113. The van der Waals surface area contributed by atoms with E-state index in [2.05, 4.69) is 20.4 Å². The summed E-state index contributed by atoms with van der Waals surface area (Å²) in [7, 11) is 0. The predicted molar refractivity (Wildman–Crippen MR) is 108 cm³/mol. The first-order valence-corrected chi connectivity index (χ1v) is 9.68. The van der Waals surface area contributed by atoms with E-state index in [-0.39, 0.29) is 11.7 Å². The van der Waals surface area contributed by atoms with Crippen LogP contribution in [0.5, 0.6) is 0 Å². The Bertz CT molecular complexity index is 1060. The summed E-state index contributed by atoms with van der Waals surface area (Å²) in [6, 6.07) is 17.1. The molecule has 8 heteroatoms. The van der Waals surface area contributed by atoms with Crippen molar-refractivity contribution in [1.29, 1.82) is 0 Å². The van der Waals surface area contributed by atoms with E-state index >= 15 is 0 Å². The predicted octanol–water partition coefficient (Wildman–Crippen LogP) is 4.19. The van der Waals surface area contributed by atoms with Crippen LogP contribution >= 0.6 is 23.4 Å². The standard InChI is InChI=1S/C19H16ClN5OS/c20-14-6-2-1-5-13(14)11-25-17(9-10-21-25)24-18(26)12-27-19-22-15-7-3-4-8-16(15)23-19/h1-10H,11-12H2,(H,22,23)(H,24,26). The summed E-state index contributed by atoms with van der Waals surface area (Å²) in [6.45, 7) is 0.485. The number of hydrogen-bond acceptors (Lipinski definition) is 4. The number of H-pyrrole nitrogens is 1. The Hall–Kier alpha value is -2.77. The minimum absolute atomic E-state index is 0.124. The monoisotopic (exact) mass is 397 g/mol. The number of nitrogens with zero attached hydrogens (tertiary/aromatic N) is 3. The van der Waals surface area contributed by atoms with Gasteiger partial charge in [0.25, 0.3) is 0 Å². The number of para-hydroxylation sites is 2. The summed E-state index contributed by atoms with van der Waals surface area (Å²) in [5, 5.41) is 8.55. The van der Waals surface area contributed by atoms with E-state index in [1.54, 1.807) is 16.9 Å². The average Bonchev–Trinajstić information content (AvgIpc) is 3.28. The van der Waals surface area contributed by atoms with Crippen LogP contribution in [0.2, 0.25) is 5.02 Å². The summed E-state index contributed by atoms with van der Waals surface area (Å²) in [5.41, 5.74) is 2.78. The van der Waals surface area contributed by atoms with Gasteiger partial charge in [-0.25, -0.2) is 9.67 Å². The highest BCUT2D eigenvalue weighted by Gasteiger charge is 2.11. The maximum absolute atomic E-state index is 12.3. The molecule has 2 aromatic carbocycles. The van der Waals surface area contributed by atoms with Gasteiger partial charge in [-0.2, -0.15) is 5.10 Å². The maximum Gasteiger partial charge on any atom is 0.235 e. The lowest BCUT2D eigenvalue weighted by Crippen LogP contribution is -2.18. The number of hydrogen-bond donors (Lipinski definition) is 2. The highest BCUT2D eigenvalue weighted by molar-refractivity contribution is 7.99. The highest BCUT2D eigenvalue weighted by Crippen LogP contribution is 2.20. The number of carbonyl (C=O) groups is 1. The lowest BCUT2D eigenvalue weighted by Gasteiger charge is -2.10. The summed E-state index contributed by atoms with van der Waals surface area (Å²) in [4.78, 5) is 20.0. The van der Waals surface area contributed by atoms with Crippen molar-refractivity contribution in [3.8, 4) is 0 Å². The topological polar surface area (TPSA) is 75.6 Å². The third kappa shape index (κ3) is 4.15. The first kappa shape index (κ1) is 17.6. The van der Waals surface area contributed by atoms with Crippen molar-refractivity contribution in [2.75, 3.05) is 11.1 Å². The molecular formula is C19H16ClN5OS. The third-order valence-electron chi connectivity index (χ3n) is 3.97. The van der Waals surface area contributed by atoms with Crippen LogP contribution in [0.25, 0.3) is 11.0 Å². The zero-order valence-electron chi connectivity index (χ0n) is 14.2. The molecule has 0 aliphatic rings. The number of fused-ring (bicyclic) bond motifs is 1. The lowest BCUT2D eigenvalue weighted by atomic mass is 10.2. The molecule has 2 N–H and O–H groups in total. The fraction of sp³-hybridized carbons (Fsp3) is 0.105. The number of halogens is 1. The van der Waals surface area contributed by atoms with Gasteiger partial charge in [-0.05, 0) is 23.8 Å². The fourth-order valence-electron chi connectivity index (χ4n) is 2.66. The normalized spacial score (nSPS) is 11.0. The number of aromatic nitrogens is 4. The number of anilines is 1. The molecule has 2 aromatic heterocycles. The van der Waals surface area contributed by atoms with Gasteiger partial charge in [0.1, 0.15) is 5.82 Å². The molecule has 0 bridgehead atoms. The van der Waals surface area contributed by atoms with Crippen LogP contribution in [0.1, 0.15) is 5.56 Å². The SMILES string of the molecule is O=C(CSc1nc2ccccc2[nH]1)Nc1ccnn1Cc1ccccc1Cl. The summed E-state index contributed by atoms with van der Waals surface area (Å²) >= 11 is 7.57. The Morgan fingerprint density at radius 3 is 2.81 bits per heavy atom. The van der Waals surface area contributed by atoms with E-state index in [9.17, 15) is 4.79 Å². The Labute approximate surface area is 164 Å². The van der Waals surface area contributed by atoms with Crippen molar-refractivity contribution in [1.82, 2.24) is 19.7 Å². The van der Waals surface area contributed by atoms with Crippen LogP contribution < -0.4 is 5.32 Å². The van der Waals surface area contributed by atoms with E-state index in [1.165, 1.54) is 11.8 Å². The summed E-state index contributed by atoms with van der Waals surface area (Å²) < 4.78 is 1.71. The van der Waals surface area contributed by atoms with Gasteiger partial charge in [0.05, 0.1) is 29.5 Å². The van der Waals surface area contributed by atoms with Crippen molar-refractivity contribution in [2.45, 2.75) is 11.7 Å². The Kier molecular flexibility index (Phi) is 5.13. The van der Waals surface area contributed by atoms with Crippen LogP contribution in [0, 0.1) is 0 Å². The molecule has 0 unspecified atom stereocenters. The molecule has 27 heavy (non-hydrogen) atoms. The van der Waals surface area contributed by atoms with Crippen molar-refractivity contribution in [2.24, 2.45) is 0 Å². The second kappa shape index (κ2) is 7.85. The van der Waals surface area contributed by atoms with Crippen molar-refractivity contribution < 1.29 is 4.79 Å². The molecule has 4 rings (SSSR count). The fourth-order valence-corrected chi connectivity index (χ4v) is 3.54. The number of benzene rings is 2. The number of carbonyl (C=O) groups excluding carboxylic acids is 1. The molecule has 0 saturated heterocycles. The number of imidazole rings is 1. The van der Waals surface area contributed by atoms with E-state index in [1.807, 2.05) is 48.5 Å². The molecule has 0 spiro atoms. The zero-order chi connectivity index (χ0) is 18.6. The minimum Gasteiger partial charge on any atom is -0.333 e. The van der Waals surface area contributed by atoms with Crippen LogP contribution in [0.15, 0.2) is 66.0 Å². The Balaban J connectivity index is 1.38. The van der Waals surface area contributed by atoms with Gasteiger partial charge in [-0.15, -0.1) is 0 Å². The van der Waals surface area contributed by atoms with Gasteiger partial charge in [-0.1, -0.05) is 53.7 Å². The van der Waals surface area contributed by atoms with Crippen LogP contribution in [0.3, 0.4) is 0 Å². The molecule has 0 fully saturated rings. The molecule has 6 nitrogen and oxygen atoms in total. The first-order valence-electron chi connectivity index (χ1n) is 8.31. The van der Waals surface area contributed by atoms with Crippen LogP contribution in [-0.4, -0.2) is 31.4 Å². The number of thioether (sulfide) groups is 1. The van der Waals surface area contributed by atoms with E-state index in [0.29, 0.717) is 17.4 Å². The van der Waals surface area contributed by atoms with Gasteiger partial charge in [0.15, 0.2) is 5.16 Å². The van der Waals surface area contributed by atoms with Crippen molar-refractivity contribution in [3.63, 3.8) is 0 Å². The number of nitrogens with one attached hydrogen (secondary N) is 2. The Morgan fingerprint density at radius 1 is 1.15 bits per heavy atom. The van der Waals surface area contributed by atoms with Gasteiger partial charge in [0.2, 0.25) is 5.91 Å². The molecule has 4 aromatic rings. The molecule has 0 saturated carbocycles. The number of aromatic amines is 1. The molecule has 0 aliphatic carbocycles. The van der Waals surface area contributed by atoms with Crippen LogP contribution in [0.4, 0.5) is 5.82 Å². The molecule has 2 heterocycles. The van der Waals surface area contributed by atoms with Gasteiger partial charge in [0, 0.05) is 11.1 Å². The molecule has 1 amide bonds. The van der Waals surface area contributed by atoms with E-state index in [4.69, 9.17) is 11.6 Å². The summed E-state index contributed by atoms with van der Waals surface area (Å²) in [5.74, 6) is 0.753. The first-order chi connectivity index (χ1) is 13.2.